The zero-order valence-corrected chi connectivity index (χ0v) is 91.7. The summed E-state index contributed by atoms with van der Waals surface area (Å²) in [6, 6.07) is 81.9. The Morgan fingerprint density at radius 2 is 0.721 bits per heavy atom. The van der Waals surface area contributed by atoms with Crippen molar-refractivity contribution >= 4 is 155 Å². The molecule has 0 N–H and O–H groups in total. The van der Waals surface area contributed by atoms with Crippen LogP contribution in [-0.4, -0.2) is 11.6 Å². The summed E-state index contributed by atoms with van der Waals surface area (Å²) in [4.78, 5) is 49.0. The summed E-state index contributed by atoms with van der Waals surface area (Å²) in [6.07, 6.45) is 48.6. The van der Waals surface area contributed by atoms with Crippen LogP contribution in [-0.2, 0) is 36.5 Å². The average Bonchev–Trinajstić information content (AvgIpc) is 1.48. The molecule has 0 spiro atoms. The van der Waals surface area contributed by atoms with Gasteiger partial charge in [-0.15, -0.1) is 85.8 Å². The van der Waals surface area contributed by atoms with Gasteiger partial charge < -0.3 is 0 Å². The van der Waals surface area contributed by atoms with Crippen molar-refractivity contribution in [3.8, 4) is 87.2 Å². The summed E-state index contributed by atoms with van der Waals surface area (Å²) >= 11 is 13.1. The van der Waals surface area contributed by atoms with Crippen molar-refractivity contribution in [2.24, 2.45) is 23.7 Å². The van der Waals surface area contributed by atoms with E-state index in [0.29, 0.717) is 62.3 Å². The molecule has 0 saturated carbocycles. The van der Waals surface area contributed by atoms with Gasteiger partial charge in [-0.3, -0.25) is 9.59 Å². The normalized spacial score (nSPS) is 16.8. The number of carbonyl (C=O) groups excluding carboxylic acids is 2. The molecule has 0 aliphatic heterocycles. The maximum Gasteiger partial charge on any atom is 0.270 e. The fourth-order valence-corrected chi connectivity index (χ4v) is 33.3. The zero-order chi connectivity index (χ0) is 102. The summed E-state index contributed by atoms with van der Waals surface area (Å²) in [6.45, 7) is 32.9. The number of terminal acetylenes is 1. The molecule has 5 atom stereocenters. The van der Waals surface area contributed by atoms with Gasteiger partial charge in [0.1, 0.15) is 0 Å². The lowest BCUT2D eigenvalue weighted by Crippen LogP contribution is -2.29. The van der Waals surface area contributed by atoms with Gasteiger partial charge in [-0.05, 0) is 229 Å². The number of fused-ring (bicyclic) bond motifs is 15. The second-order valence-corrected chi connectivity index (χ2v) is 48.6. The van der Waals surface area contributed by atoms with Crippen molar-refractivity contribution in [3.05, 3.63) is 350 Å². The van der Waals surface area contributed by atoms with Crippen molar-refractivity contribution in [2.45, 2.75) is 271 Å². The largest absolute Gasteiger partial charge is 0.289 e. The van der Waals surface area contributed by atoms with Crippen LogP contribution in [0.15, 0.2) is 229 Å². The minimum Gasteiger partial charge on any atom is -0.289 e. The Morgan fingerprint density at radius 3 is 1.13 bits per heavy atom. The number of rotatable bonds is 45. The second kappa shape index (κ2) is 47.4. The van der Waals surface area contributed by atoms with Gasteiger partial charge in [0.2, 0.25) is 0 Å². The molecule has 4 aliphatic rings. The van der Waals surface area contributed by atoms with E-state index in [2.05, 4.69) is 233 Å². The smallest absolute Gasteiger partial charge is 0.270 e. The van der Waals surface area contributed by atoms with Crippen LogP contribution in [0.2, 0.25) is 0 Å². The van der Waals surface area contributed by atoms with Crippen LogP contribution in [0.5, 0.6) is 0 Å². The summed E-state index contributed by atoms with van der Waals surface area (Å²) in [5.74, 6) is 16.5. The van der Waals surface area contributed by atoms with Gasteiger partial charge in [0.15, 0.2) is 11.6 Å². The number of carbonyl (C=O) groups is 2. The predicted molar refractivity (Wildman–Crippen MR) is 630 cm³/mol. The van der Waals surface area contributed by atoms with Gasteiger partial charge in [0, 0.05) is 90.0 Å². The molecule has 4 aliphatic carbocycles. The summed E-state index contributed by atoms with van der Waals surface area (Å²) in [5.41, 5.74) is 17.5. The van der Waals surface area contributed by atoms with Crippen molar-refractivity contribution in [1.29, 1.82) is 10.5 Å². The molecule has 6 nitrogen and oxygen atoms in total. The molecule has 7 aromatic heterocycles. The molecule has 8 aromatic carbocycles. The van der Waals surface area contributed by atoms with E-state index in [-0.39, 0.29) is 28.9 Å². The number of unbranched alkanes of at least 4 members (excludes halogenated alkanes) is 15. The second-order valence-electron chi connectivity index (χ2n) is 41.2. The van der Waals surface area contributed by atoms with Gasteiger partial charge in [0.25, 0.3) is 11.4 Å². The standard InChI is InChI=1S/C134H128N4O2S7/c1-11-19-27-32-44-87(41-24-16-6)73-91-53-61-99(62-54-91)133(100-63-55-92(56-64-100)76-90(47-35-30-22-14-4)48-36-31-23-15-5)111-83-116(114-71-69-103(141-114)81-109-119(112(85-135)137-9)105-77-95-49-37-39-51-97(95)79-107(105)124(109)139)143-126(111)128-122(133)130-132(146-128)123-131(147-130)129-121(127-118(145-129)84-117(144-127)115-72-70-104(142-115)82-110-120(113(86-136)138-10)106-78-96-50-38-40-52-98(96)80-108(106)125(110)140)134(123,101-65-57-93(58-66-101)74-88(42-25-17-7)45-33-28-20-12-2)102-67-59-94(60-68-102)75-89(43-26-18-8)46-34-29-21-13-3/h4,37-40,49-72,77-84,87-90H,11-13,15-21,23-29,31-34,36,41-46,48,73-76H2,1-3,5-8H3/b109-81-,110-82-,119-112-,120-113+. The maximum atomic E-state index is 15.1. The third kappa shape index (κ3) is 20.8. The molecule has 5 unspecified atom stereocenters. The first-order valence-corrected chi connectivity index (χ1v) is 59.9. The summed E-state index contributed by atoms with van der Waals surface area (Å²) < 4.78 is 5.15. The van der Waals surface area contributed by atoms with Crippen LogP contribution in [0.3, 0.4) is 0 Å². The number of benzene rings is 8. The Labute approximate surface area is 899 Å². The Bertz CT molecular complexity index is 7840. The Kier molecular flexibility index (Phi) is 33.3. The molecule has 0 radical (unpaired) electrons. The predicted octanol–water partition coefficient (Wildman–Crippen LogP) is 39.4. The van der Waals surface area contributed by atoms with Crippen LogP contribution < -0.4 is 0 Å². The highest BCUT2D eigenvalue weighted by Gasteiger charge is 2.56. The lowest BCUT2D eigenvalue weighted by Gasteiger charge is -2.34. The van der Waals surface area contributed by atoms with E-state index in [1.807, 2.05) is 142 Å². The first-order chi connectivity index (χ1) is 72.2. The number of nitrogens with zero attached hydrogens (tertiary/aromatic N) is 4. The van der Waals surface area contributed by atoms with Gasteiger partial charge in [0.05, 0.1) is 69.7 Å². The molecular formula is C134H128N4O2S7. The van der Waals surface area contributed by atoms with Crippen molar-refractivity contribution in [3.63, 3.8) is 0 Å². The molecule has 0 fully saturated rings. The number of hydrogen-bond acceptors (Lipinski definition) is 11. The van der Waals surface area contributed by atoms with Gasteiger partial charge in [-0.25, -0.2) is 20.2 Å². The monoisotopic (exact) mass is 2050 g/mol. The minimum absolute atomic E-state index is 0.0784. The molecule has 147 heavy (non-hydrogen) atoms. The number of Topliss-reactive ketones (excluding diaryl/α,β-unsaturated/α-hetero) is 2. The first kappa shape index (κ1) is 103. The molecule has 13 heteroatoms. The van der Waals surface area contributed by atoms with Gasteiger partial charge in [-0.2, -0.15) is 0 Å². The Morgan fingerprint density at radius 1 is 0.354 bits per heavy atom. The lowest BCUT2D eigenvalue weighted by molar-refractivity contribution is 0.103. The van der Waals surface area contributed by atoms with Crippen LogP contribution >= 0.6 is 79.4 Å². The minimum atomic E-state index is -0.860. The van der Waals surface area contributed by atoms with E-state index in [9.17, 15) is 15.3 Å². The molecule has 19 rings (SSSR count). The number of nitriles is 2. The average molecular weight is 2050 g/mol. The van der Waals surface area contributed by atoms with Crippen LogP contribution in [0.4, 0.5) is 0 Å². The van der Waals surface area contributed by atoms with Crippen molar-refractivity contribution in [2.75, 3.05) is 0 Å². The fraction of sp³-hybridized carbons (Fsp3) is 0.343. The highest BCUT2D eigenvalue weighted by molar-refractivity contribution is 7.37. The Balaban J connectivity index is 0.847. The van der Waals surface area contributed by atoms with Crippen molar-refractivity contribution < 1.29 is 9.59 Å². The van der Waals surface area contributed by atoms with E-state index >= 15 is 4.79 Å². The van der Waals surface area contributed by atoms with E-state index in [4.69, 9.17) is 19.6 Å². The maximum absolute atomic E-state index is 15.1. The van der Waals surface area contributed by atoms with Crippen LogP contribution in [0, 0.1) is 95.5 Å². The van der Waals surface area contributed by atoms with Crippen LogP contribution in [0.25, 0.3) is 112 Å². The fourth-order valence-electron chi connectivity index (χ4n) is 23.9. The third-order valence-corrected chi connectivity index (χ3v) is 40.3. The van der Waals surface area contributed by atoms with Crippen molar-refractivity contribution in [1.82, 2.24) is 0 Å². The summed E-state index contributed by atoms with van der Waals surface area (Å²) in [5, 5.41) is 25.1. The lowest BCUT2D eigenvalue weighted by atomic mass is 9.67. The molecule has 0 saturated heterocycles. The first-order valence-electron chi connectivity index (χ1n) is 54.2. The zero-order valence-electron chi connectivity index (χ0n) is 86.0. The number of hydrogen-bond donors (Lipinski definition) is 0. The highest BCUT2D eigenvalue weighted by atomic mass is 32.1. The van der Waals surface area contributed by atoms with Crippen LogP contribution in [0.1, 0.15) is 343 Å². The molecule has 7 heterocycles. The number of ketones is 2. The molecule has 738 valence electrons. The number of thiophene rings is 7. The SMILES string of the molecule is [C-]#[N+]/C(C#N)=C1\C(=C\c2ccc(-c3cc4c(s3)-c3sc5c6c(sc5c3C4(c3ccc(CC(C#CC#CC#C)CCCCCC)cc3)c3ccc(CC(CCCC)CCCCCC)cc3)-c3sc4cc(-c5ccc(/C=C7\C(=O)c8cc9ccccc9cc8\C7=C(\C#N)[N+]#[C-])s5)sc4c3C6(c3ccc(CC(CCCC)CCCCCC)cc3)c3ccc(CC(CCCC)CCCCCC)cc3)s2)C(=O)c2cc3ccccc3cc21. The topological polar surface area (TPSA) is 90.4 Å². The molecule has 0 bridgehead atoms. The molecular weight excluding hydrogens is 1920 g/mol. The highest BCUT2D eigenvalue weighted by Crippen LogP contribution is 2.72. The van der Waals surface area contributed by atoms with E-state index in [0.717, 1.165) is 102 Å². The molecule has 0 amide bonds. The summed E-state index contributed by atoms with van der Waals surface area (Å²) in [7, 11) is 0. The van der Waals surface area contributed by atoms with Gasteiger partial charge >= 0.3 is 0 Å². The quantitative estimate of drug-likeness (QED) is 0.0125. The van der Waals surface area contributed by atoms with E-state index < -0.39 is 10.8 Å². The molecule has 15 aromatic rings. The number of allylic oxidation sites excluding steroid dienone is 6. The van der Waals surface area contributed by atoms with Gasteiger partial charge in [-0.1, -0.05) is 380 Å². The Hall–Kier alpha value is -12.4. The van der Waals surface area contributed by atoms with E-state index in [1.165, 1.54) is 266 Å². The van der Waals surface area contributed by atoms with E-state index in [1.54, 1.807) is 22.7 Å². The third-order valence-electron chi connectivity index (χ3n) is 31.4.